The monoisotopic (exact) mass is 375 g/mol. The third kappa shape index (κ3) is 3.75. The molecule has 132 valence electrons. The second-order valence-corrected chi connectivity index (χ2v) is 6.76. The summed E-state index contributed by atoms with van der Waals surface area (Å²) in [5, 5.41) is 6.01. The largest absolute Gasteiger partial charge is 0.280 e. The van der Waals surface area contributed by atoms with Crippen LogP contribution in [0.25, 0.3) is 10.2 Å². The Labute approximate surface area is 159 Å². The van der Waals surface area contributed by atoms with Gasteiger partial charge in [-0.3, -0.25) is 4.79 Å². The molecule has 0 atom stereocenters. The quantitative estimate of drug-likeness (QED) is 0.367. The minimum Gasteiger partial charge on any atom is -0.267 e. The predicted molar refractivity (Wildman–Crippen MR) is 107 cm³/mol. The maximum atomic E-state index is 13.5. The first-order chi connectivity index (χ1) is 13.2. The van der Waals surface area contributed by atoms with Crippen molar-refractivity contribution in [2.75, 3.05) is 5.01 Å². The molecule has 1 amide bonds. The highest BCUT2D eigenvalue weighted by Crippen LogP contribution is 2.30. The molecule has 0 bridgehead atoms. The molecule has 0 aliphatic rings. The number of halogens is 1. The normalized spacial score (nSPS) is 11.1. The molecule has 0 saturated heterocycles. The molecule has 3 aromatic carbocycles. The number of benzene rings is 3. The van der Waals surface area contributed by atoms with Gasteiger partial charge in [0.25, 0.3) is 5.91 Å². The molecule has 0 unspecified atom stereocenters. The lowest BCUT2D eigenvalue weighted by Gasteiger charge is -2.13. The van der Waals surface area contributed by atoms with E-state index in [0.29, 0.717) is 20.9 Å². The Morgan fingerprint density at radius 3 is 2.44 bits per heavy atom. The highest BCUT2D eigenvalue weighted by molar-refractivity contribution is 7.22. The van der Waals surface area contributed by atoms with Crippen molar-refractivity contribution in [3.05, 3.63) is 95.8 Å². The number of fused-ring (bicyclic) bond motifs is 1. The molecule has 27 heavy (non-hydrogen) atoms. The molecule has 0 aliphatic carbocycles. The van der Waals surface area contributed by atoms with Gasteiger partial charge in [-0.05, 0) is 35.9 Å². The maximum Gasteiger partial charge on any atom is 0.280 e. The fourth-order valence-electron chi connectivity index (χ4n) is 2.53. The second-order valence-electron chi connectivity index (χ2n) is 5.75. The molecule has 4 aromatic rings. The number of carbonyl (C=O) groups is 1. The van der Waals surface area contributed by atoms with E-state index >= 15 is 0 Å². The SMILES string of the molecule is O=C(c1ccccc1)N(/N=C/c1ccccc1)c1nc2ccc(F)cc2s1. The van der Waals surface area contributed by atoms with E-state index in [1.54, 1.807) is 36.5 Å². The van der Waals surface area contributed by atoms with Gasteiger partial charge in [-0.25, -0.2) is 9.37 Å². The van der Waals surface area contributed by atoms with Gasteiger partial charge in [0.2, 0.25) is 5.13 Å². The highest BCUT2D eigenvalue weighted by atomic mass is 32.1. The summed E-state index contributed by atoms with van der Waals surface area (Å²) in [6.07, 6.45) is 1.60. The molecule has 0 radical (unpaired) electrons. The van der Waals surface area contributed by atoms with Gasteiger partial charge in [0.15, 0.2) is 0 Å². The summed E-state index contributed by atoms with van der Waals surface area (Å²) in [6, 6.07) is 22.7. The first kappa shape index (κ1) is 17.1. The van der Waals surface area contributed by atoms with Crippen LogP contribution < -0.4 is 5.01 Å². The van der Waals surface area contributed by atoms with Gasteiger partial charge >= 0.3 is 0 Å². The third-order valence-electron chi connectivity index (χ3n) is 3.86. The van der Waals surface area contributed by atoms with E-state index in [-0.39, 0.29) is 11.7 Å². The van der Waals surface area contributed by atoms with Crippen molar-refractivity contribution in [1.82, 2.24) is 4.98 Å². The Kier molecular flexibility index (Phi) is 4.72. The summed E-state index contributed by atoms with van der Waals surface area (Å²) in [4.78, 5) is 17.5. The zero-order valence-electron chi connectivity index (χ0n) is 14.1. The maximum absolute atomic E-state index is 13.5. The minimum atomic E-state index is -0.341. The Morgan fingerprint density at radius 1 is 1.00 bits per heavy atom. The Hall–Kier alpha value is -3.38. The van der Waals surface area contributed by atoms with Crippen LogP contribution in [0.4, 0.5) is 9.52 Å². The van der Waals surface area contributed by atoms with Crippen molar-refractivity contribution in [2.45, 2.75) is 0 Å². The average molecular weight is 375 g/mol. The third-order valence-corrected chi connectivity index (χ3v) is 4.85. The van der Waals surface area contributed by atoms with Crippen LogP contribution in [-0.2, 0) is 0 Å². The number of aromatic nitrogens is 1. The Bertz CT molecular complexity index is 1110. The Morgan fingerprint density at radius 2 is 1.70 bits per heavy atom. The molecule has 6 heteroatoms. The van der Waals surface area contributed by atoms with Crippen LogP contribution in [0.2, 0.25) is 0 Å². The molecule has 4 nitrogen and oxygen atoms in total. The van der Waals surface area contributed by atoms with E-state index in [0.717, 1.165) is 5.56 Å². The summed E-state index contributed by atoms with van der Waals surface area (Å²) >= 11 is 1.22. The molecular formula is C21H14FN3OS. The first-order valence-corrected chi connectivity index (χ1v) is 9.07. The number of hydrogen-bond donors (Lipinski definition) is 0. The van der Waals surface area contributed by atoms with E-state index in [4.69, 9.17) is 0 Å². The lowest BCUT2D eigenvalue weighted by molar-refractivity contribution is 0.0988. The standard InChI is InChI=1S/C21H14FN3OS/c22-17-11-12-18-19(13-17)27-21(24-18)25(20(26)16-9-5-2-6-10-16)23-14-15-7-3-1-4-8-15/h1-14H/b23-14+. The number of hydrogen-bond acceptors (Lipinski definition) is 4. The molecule has 0 spiro atoms. The predicted octanol–water partition coefficient (Wildman–Crippen LogP) is 5.12. The lowest BCUT2D eigenvalue weighted by Crippen LogP contribution is -2.25. The molecule has 1 heterocycles. The average Bonchev–Trinajstić information content (AvgIpc) is 3.12. The fraction of sp³-hybridized carbons (Fsp3) is 0. The number of anilines is 1. The molecule has 0 aliphatic heterocycles. The van der Waals surface area contributed by atoms with Crippen LogP contribution in [-0.4, -0.2) is 17.1 Å². The number of carbonyl (C=O) groups excluding carboxylic acids is 1. The highest BCUT2D eigenvalue weighted by Gasteiger charge is 2.21. The van der Waals surface area contributed by atoms with Crippen molar-refractivity contribution in [1.29, 1.82) is 0 Å². The molecular weight excluding hydrogens is 361 g/mol. The van der Waals surface area contributed by atoms with E-state index in [9.17, 15) is 9.18 Å². The molecule has 1 aromatic heterocycles. The van der Waals surface area contributed by atoms with Gasteiger partial charge in [-0.2, -0.15) is 10.1 Å². The van der Waals surface area contributed by atoms with Crippen LogP contribution in [0.15, 0.2) is 84.0 Å². The van der Waals surface area contributed by atoms with E-state index < -0.39 is 0 Å². The zero-order valence-corrected chi connectivity index (χ0v) is 14.9. The summed E-state index contributed by atoms with van der Waals surface area (Å²) in [5.74, 6) is -0.645. The molecule has 4 rings (SSSR count). The number of hydrazone groups is 1. The number of rotatable bonds is 4. The topological polar surface area (TPSA) is 45.6 Å². The lowest BCUT2D eigenvalue weighted by atomic mass is 10.2. The number of nitrogens with zero attached hydrogens (tertiary/aromatic N) is 3. The molecule has 0 saturated carbocycles. The van der Waals surface area contributed by atoms with Crippen molar-refractivity contribution >= 4 is 38.8 Å². The van der Waals surface area contributed by atoms with Gasteiger partial charge in [0.1, 0.15) is 5.82 Å². The van der Waals surface area contributed by atoms with Gasteiger partial charge in [0.05, 0.1) is 16.4 Å². The van der Waals surface area contributed by atoms with Crippen LogP contribution in [0.5, 0.6) is 0 Å². The number of amides is 1. The summed E-state index contributed by atoms with van der Waals surface area (Å²) in [7, 11) is 0. The van der Waals surface area contributed by atoms with Gasteiger partial charge in [0, 0.05) is 5.56 Å². The van der Waals surface area contributed by atoms with E-state index in [1.165, 1.54) is 28.5 Å². The second kappa shape index (κ2) is 7.47. The minimum absolute atomic E-state index is 0.303. The van der Waals surface area contributed by atoms with Gasteiger partial charge in [-0.15, -0.1) is 0 Å². The van der Waals surface area contributed by atoms with Crippen molar-refractivity contribution in [3.63, 3.8) is 0 Å². The fourth-order valence-corrected chi connectivity index (χ4v) is 3.48. The van der Waals surface area contributed by atoms with Crippen LogP contribution >= 0.6 is 11.3 Å². The summed E-state index contributed by atoms with van der Waals surface area (Å²) < 4.78 is 14.2. The van der Waals surface area contributed by atoms with Crippen LogP contribution in [0.3, 0.4) is 0 Å². The molecule has 0 N–H and O–H groups in total. The van der Waals surface area contributed by atoms with Gasteiger partial charge in [-0.1, -0.05) is 59.9 Å². The number of thiazole rings is 1. The first-order valence-electron chi connectivity index (χ1n) is 8.25. The van der Waals surface area contributed by atoms with Gasteiger partial charge < -0.3 is 0 Å². The summed E-state index contributed by atoms with van der Waals surface area (Å²) in [5.41, 5.74) is 1.97. The van der Waals surface area contributed by atoms with E-state index in [2.05, 4.69) is 10.1 Å². The van der Waals surface area contributed by atoms with Crippen LogP contribution in [0.1, 0.15) is 15.9 Å². The van der Waals surface area contributed by atoms with Crippen molar-refractivity contribution in [3.8, 4) is 0 Å². The summed E-state index contributed by atoms with van der Waals surface area (Å²) in [6.45, 7) is 0. The zero-order chi connectivity index (χ0) is 18.6. The molecule has 0 fully saturated rings. The smallest absolute Gasteiger partial charge is 0.267 e. The van der Waals surface area contributed by atoms with E-state index in [1.807, 2.05) is 36.4 Å². The Balaban J connectivity index is 1.76. The van der Waals surface area contributed by atoms with Crippen LogP contribution in [0, 0.1) is 5.82 Å². The van der Waals surface area contributed by atoms with Crippen molar-refractivity contribution < 1.29 is 9.18 Å². The van der Waals surface area contributed by atoms with Crippen molar-refractivity contribution in [2.24, 2.45) is 5.10 Å².